The fourth-order valence-electron chi connectivity index (χ4n) is 3.11. The minimum absolute atomic E-state index is 0.303. The van der Waals surface area contributed by atoms with Crippen molar-refractivity contribution >= 4 is 11.8 Å². The predicted octanol–water partition coefficient (Wildman–Crippen LogP) is 4.93. The van der Waals surface area contributed by atoms with Crippen molar-refractivity contribution in [1.29, 1.82) is 0 Å². The van der Waals surface area contributed by atoms with Crippen LogP contribution in [-0.2, 0) is 6.54 Å². The largest absolute Gasteiger partial charge is 0.573 e. The van der Waals surface area contributed by atoms with Crippen molar-refractivity contribution in [3.05, 3.63) is 71.5 Å². The second-order valence-electron chi connectivity index (χ2n) is 7.13. The number of rotatable bonds is 8. The predicted molar refractivity (Wildman–Crippen MR) is 106 cm³/mol. The number of thioether (sulfide) groups is 1. The molecule has 30 heavy (non-hydrogen) atoms. The smallest absolute Gasteiger partial charge is 0.406 e. The molecule has 0 aliphatic heterocycles. The van der Waals surface area contributed by atoms with E-state index in [1.54, 1.807) is 0 Å². The Balaban J connectivity index is 1.43. The number of aromatic nitrogens is 3. The molecule has 1 fully saturated rings. The van der Waals surface area contributed by atoms with Crippen molar-refractivity contribution < 1.29 is 23.0 Å². The van der Waals surface area contributed by atoms with Crippen molar-refractivity contribution in [3.63, 3.8) is 0 Å². The Hall–Kier alpha value is -2.52. The molecule has 0 bridgehead atoms. The van der Waals surface area contributed by atoms with Crippen LogP contribution >= 0.6 is 11.8 Å². The summed E-state index contributed by atoms with van der Waals surface area (Å²) in [4.78, 5) is 0. The summed E-state index contributed by atoms with van der Waals surface area (Å²) < 4.78 is 42.8. The molecule has 1 unspecified atom stereocenters. The van der Waals surface area contributed by atoms with Gasteiger partial charge in [-0.1, -0.05) is 54.2 Å². The molecule has 0 spiro atoms. The quantitative estimate of drug-likeness (QED) is 0.509. The Bertz CT molecular complexity index is 973. The highest BCUT2D eigenvalue weighted by molar-refractivity contribution is 7.99. The lowest BCUT2D eigenvalue weighted by Gasteiger charge is -2.14. The average molecular weight is 435 g/mol. The van der Waals surface area contributed by atoms with Gasteiger partial charge in [-0.05, 0) is 36.1 Å². The number of hydrogen-bond donors (Lipinski definition) is 1. The molecule has 1 N–H and O–H groups in total. The highest BCUT2D eigenvalue weighted by atomic mass is 32.2. The molecule has 158 valence electrons. The zero-order valence-electron chi connectivity index (χ0n) is 15.9. The molecule has 4 rings (SSSR count). The van der Waals surface area contributed by atoms with Crippen LogP contribution in [0.4, 0.5) is 13.2 Å². The summed E-state index contributed by atoms with van der Waals surface area (Å²) in [7, 11) is 0. The molecule has 9 heteroatoms. The first-order valence-electron chi connectivity index (χ1n) is 9.52. The average Bonchev–Trinajstić information content (AvgIpc) is 3.48. The Kier molecular flexibility index (Phi) is 6.01. The minimum atomic E-state index is -4.74. The van der Waals surface area contributed by atoms with E-state index in [4.69, 9.17) is 0 Å². The van der Waals surface area contributed by atoms with Gasteiger partial charge in [0.15, 0.2) is 5.16 Å². The lowest BCUT2D eigenvalue weighted by molar-refractivity contribution is -0.274. The van der Waals surface area contributed by atoms with Gasteiger partial charge in [0.2, 0.25) is 0 Å². The molecule has 1 aliphatic carbocycles. The van der Waals surface area contributed by atoms with E-state index in [1.807, 2.05) is 30.3 Å². The number of nitrogens with zero attached hydrogens (tertiary/aromatic N) is 3. The number of ether oxygens (including phenoxy) is 1. The standard InChI is InChI=1S/C21H20F3N3O2S/c22-21(23,24)29-17-10-8-15(9-11-17)18(28)13-30-20-26-25-19(16-6-7-16)27(20)12-14-4-2-1-3-5-14/h1-5,8-11,16,18,28H,6-7,12-13H2. The summed E-state index contributed by atoms with van der Waals surface area (Å²) in [6, 6.07) is 15.3. The normalized spacial score (nSPS) is 15.2. The summed E-state index contributed by atoms with van der Waals surface area (Å²) >= 11 is 1.38. The van der Waals surface area contributed by atoms with Crippen molar-refractivity contribution in [1.82, 2.24) is 14.8 Å². The third-order valence-corrected chi connectivity index (χ3v) is 5.78. The van der Waals surface area contributed by atoms with Gasteiger partial charge >= 0.3 is 6.36 Å². The summed E-state index contributed by atoms with van der Waals surface area (Å²) in [6.45, 7) is 0.654. The lowest BCUT2D eigenvalue weighted by Crippen LogP contribution is -2.17. The molecule has 1 heterocycles. The lowest BCUT2D eigenvalue weighted by atomic mass is 10.1. The molecule has 5 nitrogen and oxygen atoms in total. The van der Waals surface area contributed by atoms with E-state index in [0.717, 1.165) is 29.4 Å². The molecule has 1 saturated carbocycles. The van der Waals surface area contributed by atoms with Crippen LogP contribution in [-0.4, -0.2) is 32.0 Å². The van der Waals surface area contributed by atoms with E-state index in [-0.39, 0.29) is 5.75 Å². The van der Waals surface area contributed by atoms with Crippen molar-refractivity contribution in [2.45, 2.75) is 42.9 Å². The van der Waals surface area contributed by atoms with Crippen LogP contribution in [0.5, 0.6) is 5.75 Å². The Morgan fingerprint density at radius 3 is 2.40 bits per heavy atom. The fraction of sp³-hybridized carbons (Fsp3) is 0.333. The summed E-state index contributed by atoms with van der Waals surface area (Å²) in [5.74, 6) is 1.38. The molecule has 0 amide bonds. The van der Waals surface area contributed by atoms with Crippen LogP contribution < -0.4 is 4.74 Å². The molecule has 2 aromatic carbocycles. The van der Waals surface area contributed by atoms with Gasteiger partial charge in [-0.2, -0.15) is 0 Å². The van der Waals surface area contributed by atoms with Crippen LogP contribution in [0.2, 0.25) is 0 Å². The Labute approximate surface area is 175 Å². The van der Waals surface area contributed by atoms with E-state index in [9.17, 15) is 18.3 Å². The summed E-state index contributed by atoms with van der Waals surface area (Å²) in [5, 5.41) is 19.9. The molecular weight excluding hydrogens is 415 g/mol. The maximum Gasteiger partial charge on any atom is 0.573 e. The third kappa shape index (κ3) is 5.34. The SMILES string of the molecule is OC(CSc1nnc(C2CC2)n1Cc1ccccc1)c1ccc(OC(F)(F)F)cc1. The second kappa shape index (κ2) is 8.69. The molecule has 1 atom stereocenters. The first kappa shape index (κ1) is 20.7. The molecule has 1 aromatic heterocycles. The van der Waals surface area contributed by atoms with Gasteiger partial charge in [0.25, 0.3) is 0 Å². The van der Waals surface area contributed by atoms with Gasteiger partial charge in [0, 0.05) is 11.7 Å². The maximum atomic E-state index is 12.3. The number of aliphatic hydroxyl groups is 1. The number of alkyl halides is 3. The summed E-state index contributed by atoms with van der Waals surface area (Å²) in [5.41, 5.74) is 1.65. The minimum Gasteiger partial charge on any atom is -0.406 e. The number of halogens is 3. The zero-order valence-corrected chi connectivity index (χ0v) is 16.7. The van der Waals surface area contributed by atoms with E-state index >= 15 is 0 Å². The van der Waals surface area contributed by atoms with Crippen LogP contribution in [0.25, 0.3) is 0 Å². The highest BCUT2D eigenvalue weighted by Gasteiger charge is 2.31. The van der Waals surface area contributed by atoms with Gasteiger partial charge in [-0.15, -0.1) is 23.4 Å². The van der Waals surface area contributed by atoms with E-state index < -0.39 is 12.5 Å². The van der Waals surface area contributed by atoms with Crippen LogP contribution in [0.3, 0.4) is 0 Å². The Morgan fingerprint density at radius 2 is 1.77 bits per heavy atom. The third-order valence-electron chi connectivity index (χ3n) is 4.74. The zero-order chi connectivity index (χ0) is 21.1. The maximum absolute atomic E-state index is 12.3. The first-order valence-corrected chi connectivity index (χ1v) is 10.5. The van der Waals surface area contributed by atoms with Gasteiger partial charge in [-0.25, -0.2) is 0 Å². The molecule has 0 saturated heterocycles. The second-order valence-corrected chi connectivity index (χ2v) is 8.12. The number of hydrogen-bond acceptors (Lipinski definition) is 5. The van der Waals surface area contributed by atoms with Crippen LogP contribution in [0.15, 0.2) is 59.8 Å². The van der Waals surface area contributed by atoms with Gasteiger partial charge in [0.1, 0.15) is 11.6 Å². The number of aliphatic hydroxyl groups excluding tert-OH is 1. The Morgan fingerprint density at radius 1 is 1.07 bits per heavy atom. The molecule has 0 radical (unpaired) electrons. The monoisotopic (exact) mass is 435 g/mol. The van der Waals surface area contributed by atoms with Crippen molar-refractivity contribution in [2.75, 3.05) is 5.75 Å². The fourth-order valence-corrected chi connectivity index (χ4v) is 4.02. The van der Waals surface area contributed by atoms with Gasteiger partial charge < -0.3 is 14.4 Å². The molecular formula is C21H20F3N3O2S. The highest BCUT2D eigenvalue weighted by Crippen LogP contribution is 2.40. The van der Waals surface area contributed by atoms with Gasteiger partial charge in [-0.3, -0.25) is 0 Å². The van der Waals surface area contributed by atoms with Crippen LogP contribution in [0.1, 0.15) is 41.8 Å². The first-order chi connectivity index (χ1) is 14.4. The van der Waals surface area contributed by atoms with Crippen molar-refractivity contribution in [3.8, 4) is 5.75 Å². The topological polar surface area (TPSA) is 60.2 Å². The van der Waals surface area contributed by atoms with E-state index in [0.29, 0.717) is 23.8 Å². The van der Waals surface area contributed by atoms with Gasteiger partial charge in [0.05, 0.1) is 12.6 Å². The van der Waals surface area contributed by atoms with Crippen LogP contribution in [0, 0.1) is 0 Å². The van der Waals surface area contributed by atoms with Crippen molar-refractivity contribution in [2.24, 2.45) is 0 Å². The molecule has 1 aliphatic rings. The molecule has 3 aromatic rings. The number of benzene rings is 2. The summed E-state index contributed by atoms with van der Waals surface area (Å²) in [6.07, 6.45) is -3.39. The van der Waals surface area contributed by atoms with E-state index in [2.05, 4.69) is 19.5 Å². The van der Waals surface area contributed by atoms with E-state index in [1.165, 1.54) is 36.0 Å².